The molecule has 0 saturated heterocycles. The number of hydrogen-bond acceptors (Lipinski definition) is 6. The van der Waals surface area contributed by atoms with Gasteiger partial charge in [-0.2, -0.15) is 0 Å². The van der Waals surface area contributed by atoms with Crippen molar-refractivity contribution in [3.63, 3.8) is 0 Å². The highest BCUT2D eigenvalue weighted by atomic mass is 32.2. The van der Waals surface area contributed by atoms with Crippen LogP contribution in [0.5, 0.6) is 5.75 Å². The van der Waals surface area contributed by atoms with Gasteiger partial charge < -0.3 is 14.8 Å². The summed E-state index contributed by atoms with van der Waals surface area (Å²) in [5.41, 5.74) is 2.04. The highest BCUT2D eigenvalue weighted by Crippen LogP contribution is 2.18. The number of ether oxygens (including phenoxy) is 2. The molecule has 0 unspecified atom stereocenters. The Morgan fingerprint density at radius 3 is 2.46 bits per heavy atom. The van der Waals surface area contributed by atoms with E-state index in [9.17, 15) is 18.0 Å². The first-order valence-electron chi connectivity index (χ1n) is 8.61. The van der Waals surface area contributed by atoms with Gasteiger partial charge in [-0.25, -0.2) is 13.2 Å². The lowest BCUT2D eigenvalue weighted by Gasteiger charge is -2.11. The second-order valence-corrected chi connectivity index (χ2v) is 8.30. The van der Waals surface area contributed by atoms with Crippen molar-refractivity contribution in [2.24, 2.45) is 0 Å². The van der Waals surface area contributed by atoms with Gasteiger partial charge >= 0.3 is 5.97 Å². The maximum absolute atomic E-state index is 12.1. The monoisotopic (exact) mass is 405 g/mol. The van der Waals surface area contributed by atoms with Crippen molar-refractivity contribution in [1.29, 1.82) is 0 Å². The Labute approximate surface area is 164 Å². The van der Waals surface area contributed by atoms with E-state index in [2.05, 4.69) is 5.32 Å². The van der Waals surface area contributed by atoms with E-state index >= 15 is 0 Å². The molecule has 0 fully saturated rings. The summed E-state index contributed by atoms with van der Waals surface area (Å²) in [6.45, 7) is 3.92. The topological polar surface area (TPSA) is 98.8 Å². The summed E-state index contributed by atoms with van der Waals surface area (Å²) in [6, 6.07) is 11.5. The molecule has 2 rings (SSSR count). The van der Waals surface area contributed by atoms with Crippen LogP contribution in [0.2, 0.25) is 0 Å². The van der Waals surface area contributed by atoms with E-state index in [0.29, 0.717) is 0 Å². The average Bonchev–Trinajstić information content (AvgIpc) is 2.64. The van der Waals surface area contributed by atoms with Crippen LogP contribution in [-0.4, -0.2) is 46.3 Å². The molecule has 0 aliphatic carbocycles. The molecule has 7 nitrogen and oxygen atoms in total. The Balaban J connectivity index is 1.79. The van der Waals surface area contributed by atoms with E-state index in [1.54, 1.807) is 0 Å². The fourth-order valence-corrected chi connectivity index (χ4v) is 3.41. The van der Waals surface area contributed by atoms with Crippen LogP contribution in [0.4, 0.5) is 0 Å². The van der Waals surface area contributed by atoms with Gasteiger partial charge in [0.15, 0.2) is 16.4 Å². The molecule has 0 spiro atoms. The molecule has 0 aromatic heterocycles. The third-order valence-corrected chi connectivity index (χ3v) is 5.01. The van der Waals surface area contributed by atoms with Gasteiger partial charge in [-0.15, -0.1) is 0 Å². The Morgan fingerprint density at radius 1 is 1.07 bits per heavy atom. The Bertz CT molecular complexity index is 968. The van der Waals surface area contributed by atoms with Crippen molar-refractivity contribution in [2.75, 3.05) is 26.0 Å². The first-order chi connectivity index (χ1) is 13.2. The number of hydrogen-bond donors (Lipinski definition) is 1. The summed E-state index contributed by atoms with van der Waals surface area (Å²) >= 11 is 0. The third kappa shape index (κ3) is 6.09. The van der Waals surface area contributed by atoms with Gasteiger partial charge in [0.1, 0.15) is 12.4 Å². The van der Waals surface area contributed by atoms with E-state index < -0.39 is 28.3 Å². The number of amides is 1. The molecular formula is C20H23NO6S. The summed E-state index contributed by atoms with van der Waals surface area (Å²) in [7, 11) is -3.59. The van der Waals surface area contributed by atoms with Crippen molar-refractivity contribution < 1.29 is 27.5 Å². The predicted octanol–water partition coefficient (Wildman–Crippen LogP) is 2.06. The fraction of sp³-hybridized carbons (Fsp3) is 0.300. The molecule has 8 heteroatoms. The average molecular weight is 405 g/mol. The second-order valence-electron chi connectivity index (χ2n) is 6.31. The van der Waals surface area contributed by atoms with Gasteiger partial charge in [0, 0.05) is 6.26 Å². The van der Waals surface area contributed by atoms with Crippen molar-refractivity contribution in [1.82, 2.24) is 5.32 Å². The minimum atomic E-state index is -3.59. The summed E-state index contributed by atoms with van der Waals surface area (Å²) in [5, 5.41) is 2.58. The van der Waals surface area contributed by atoms with Crippen molar-refractivity contribution in [3.8, 4) is 5.75 Å². The first-order valence-corrected chi connectivity index (χ1v) is 10.5. The summed E-state index contributed by atoms with van der Waals surface area (Å²) < 4.78 is 34.0. The second kappa shape index (κ2) is 9.36. The van der Waals surface area contributed by atoms with Crippen LogP contribution in [0.1, 0.15) is 21.5 Å². The standard InChI is InChI=1S/C20H23NO6S/c1-14-8-9-17(15(2)12-14)26-11-10-21-19(22)13-27-20(23)16-6-4-5-7-18(16)28(3,24)25/h4-9,12H,10-11,13H2,1-3H3,(H,21,22). The van der Waals surface area contributed by atoms with Crippen LogP contribution in [0.25, 0.3) is 0 Å². The van der Waals surface area contributed by atoms with Crippen molar-refractivity contribution in [2.45, 2.75) is 18.7 Å². The number of carbonyl (C=O) groups is 2. The molecule has 1 amide bonds. The van der Waals surface area contributed by atoms with E-state index in [4.69, 9.17) is 9.47 Å². The van der Waals surface area contributed by atoms with Crippen molar-refractivity contribution >= 4 is 21.7 Å². The Kier molecular flexibility index (Phi) is 7.17. The highest BCUT2D eigenvalue weighted by molar-refractivity contribution is 7.90. The Hall–Kier alpha value is -2.87. The molecule has 150 valence electrons. The molecule has 0 heterocycles. The molecule has 0 saturated carbocycles. The first kappa shape index (κ1) is 21.4. The van der Waals surface area contributed by atoms with E-state index in [0.717, 1.165) is 23.1 Å². The molecule has 0 radical (unpaired) electrons. The van der Waals surface area contributed by atoms with Crippen molar-refractivity contribution in [3.05, 3.63) is 59.2 Å². The minimum absolute atomic E-state index is 0.101. The SMILES string of the molecule is Cc1ccc(OCCNC(=O)COC(=O)c2ccccc2S(C)(=O)=O)c(C)c1. The third-order valence-electron chi connectivity index (χ3n) is 3.85. The van der Waals surface area contributed by atoms with E-state index in [1.807, 2.05) is 32.0 Å². The molecule has 28 heavy (non-hydrogen) atoms. The van der Waals surface area contributed by atoms with Gasteiger partial charge in [0.25, 0.3) is 5.91 Å². The highest BCUT2D eigenvalue weighted by Gasteiger charge is 2.19. The van der Waals surface area contributed by atoms with Crippen LogP contribution in [0.3, 0.4) is 0 Å². The molecule has 1 N–H and O–H groups in total. The molecule has 0 bridgehead atoms. The lowest BCUT2D eigenvalue weighted by molar-refractivity contribution is -0.124. The maximum Gasteiger partial charge on any atom is 0.339 e. The van der Waals surface area contributed by atoms with Gasteiger partial charge in [-0.1, -0.05) is 29.8 Å². The Morgan fingerprint density at radius 2 is 1.79 bits per heavy atom. The van der Waals surface area contributed by atoms with Crippen LogP contribution in [0.15, 0.2) is 47.4 Å². The summed E-state index contributed by atoms with van der Waals surface area (Å²) in [6.07, 6.45) is 1.00. The fourth-order valence-electron chi connectivity index (χ4n) is 2.53. The quantitative estimate of drug-likeness (QED) is 0.533. The van der Waals surface area contributed by atoms with Gasteiger partial charge in [0.2, 0.25) is 0 Å². The number of carbonyl (C=O) groups excluding carboxylic acids is 2. The molecule has 0 aliphatic heterocycles. The van der Waals surface area contributed by atoms with Gasteiger partial charge in [-0.3, -0.25) is 4.79 Å². The van der Waals surface area contributed by atoms with E-state index in [-0.39, 0.29) is 23.6 Å². The number of esters is 1. The number of nitrogens with one attached hydrogen (secondary N) is 1. The number of aryl methyl sites for hydroxylation is 2. The van der Waals surface area contributed by atoms with E-state index in [1.165, 1.54) is 24.3 Å². The maximum atomic E-state index is 12.1. The molecule has 2 aromatic rings. The molecular weight excluding hydrogens is 382 g/mol. The summed E-state index contributed by atoms with van der Waals surface area (Å²) in [5.74, 6) is -0.638. The zero-order valence-corrected chi connectivity index (χ0v) is 16.8. The van der Waals surface area contributed by atoms with Crippen LogP contribution >= 0.6 is 0 Å². The zero-order chi connectivity index (χ0) is 20.7. The van der Waals surface area contributed by atoms with Crippen LogP contribution in [-0.2, 0) is 19.4 Å². The number of rotatable bonds is 8. The van der Waals surface area contributed by atoms with Crippen LogP contribution in [0, 0.1) is 13.8 Å². The number of benzene rings is 2. The lowest BCUT2D eigenvalue weighted by Crippen LogP contribution is -2.32. The zero-order valence-electron chi connectivity index (χ0n) is 16.0. The predicted molar refractivity (Wildman–Crippen MR) is 104 cm³/mol. The van der Waals surface area contributed by atoms with Gasteiger partial charge in [-0.05, 0) is 37.6 Å². The largest absolute Gasteiger partial charge is 0.491 e. The normalized spacial score (nSPS) is 11.0. The lowest BCUT2D eigenvalue weighted by atomic mass is 10.1. The smallest absolute Gasteiger partial charge is 0.339 e. The summed E-state index contributed by atoms with van der Waals surface area (Å²) in [4.78, 5) is 23.8. The molecule has 2 aromatic carbocycles. The van der Waals surface area contributed by atoms with Gasteiger partial charge in [0.05, 0.1) is 17.0 Å². The molecule has 0 atom stereocenters. The minimum Gasteiger partial charge on any atom is -0.491 e. The molecule has 0 aliphatic rings. The number of sulfone groups is 1. The van der Waals surface area contributed by atoms with Crippen LogP contribution < -0.4 is 10.1 Å².